The molecule has 0 saturated heterocycles. The summed E-state index contributed by atoms with van der Waals surface area (Å²) in [6.45, 7) is 2.45. The van der Waals surface area contributed by atoms with Crippen LogP contribution in [-0.2, 0) is 23.0 Å². The summed E-state index contributed by atoms with van der Waals surface area (Å²) in [6, 6.07) is 8.73. The Hall–Kier alpha value is -2.28. The quantitative estimate of drug-likeness (QED) is 0.899. The number of amides is 1. The highest BCUT2D eigenvalue weighted by Crippen LogP contribution is 2.30. The highest BCUT2D eigenvalue weighted by molar-refractivity contribution is 7.92. The van der Waals surface area contributed by atoms with Gasteiger partial charge >= 0.3 is 0 Å². The molecular formula is C17H20N2O4S. The molecule has 7 heteroatoms. The number of rotatable bonds is 5. The molecule has 0 spiro atoms. The number of anilines is 1. The smallest absolute Gasteiger partial charge is 0.251 e. The van der Waals surface area contributed by atoms with E-state index in [0.717, 1.165) is 18.4 Å². The SMILES string of the molecule is CCS(=O)(=O)N1CCCc2cc(C(=O)NCc3ccco3)ccc21. The average molecular weight is 348 g/mol. The number of benzene rings is 1. The molecule has 6 nitrogen and oxygen atoms in total. The lowest BCUT2D eigenvalue weighted by Crippen LogP contribution is -2.36. The number of nitrogens with zero attached hydrogens (tertiary/aromatic N) is 1. The Morgan fingerprint density at radius 2 is 2.17 bits per heavy atom. The molecule has 1 aliphatic rings. The van der Waals surface area contributed by atoms with Crippen molar-refractivity contribution < 1.29 is 17.6 Å². The van der Waals surface area contributed by atoms with Crippen LogP contribution >= 0.6 is 0 Å². The number of fused-ring (bicyclic) bond motifs is 1. The van der Waals surface area contributed by atoms with E-state index in [4.69, 9.17) is 4.42 Å². The van der Waals surface area contributed by atoms with Crippen molar-refractivity contribution in [1.29, 1.82) is 0 Å². The lowest BCUT2D eigenvalue weighted by Gasteiger charge is -2.30. The van der Waals surface area contributed by atoms with E-state index in [9.17, 15) is 13.2 Å². The van der Waals surface area contributed by atoms with Crippen molar-refractivity contribution in [2.24, 2.45) is 0 Å². The second-order valence-corrected chi connectivity index (χ2v) is 7.86. The van der Waals surface area contributed by atoms with Crippen LogP contribution in [0, 0.1) is 0 Å². The predicted octanol–water partition coefficient (Wildman–Crippen LogP) is 2.31. The van der Waals surface area contributed by atoms with E-state index in [0.29, 0.717) is 30.1 Å². The molecule has 0 fully saturated rings. The topological polar surface area (TPSA) is 79.6 Å². The average Bonchev–Trinajstić information content (AvgIpc) is 3.12. The van der Waals surface area contributed by atoms with Gasteiger partial charge in [0.1, 0.15) is 5.76 Å². The van der Waals surface area contributed by atoms with Crippen LogP contribution in [0.4, 0.5) is 5.69 Å². The first-order valence-electron chi connectivity index (χ1n) is 7.95. The molecule has 1 aromatic carbocycles. The van der Waals surface area contributed by atoms with Crippen molar-refractivity contribution in [2.45, 2.75) is 26.3 Å². The second-order valence-electron chi connectivity index (χ2n) is 5.68. The molecule has 1 N–H and O–H groups in total. The van der Waals surface area contributed by atoms with Crippen molar-refractivity contribution in [3.8, 4) is 0 Å². The molecule has 1 aliphatic heterocycles. The van der Waals surface area contributed by atoms with Gasteiger partial charge in [-0.05, 0) is 55.7 Å². The molecule has 0 saturated carbocycles. The fourth-order valence-corrected chi connectivity index (χ4v) is 4.03. The van der Waals surface area contributed by atoms with Crippen molar-refractivity contribution in [2.75, 3.05) is 16.6 Å². The van der Waals surface area contributed by atoms with E-state index in [2.05, 4.69) is 5.32 Å². The minimum atomic E-state index is -3.29. The minimum absolute atomic E-state index is 0.0673. The Kier molecular flexibility index (Phi) is 4.62. The highest BCUT2D eigenvalue weighted by Gasteiger charge is 2.26. The first-order valence-corrected chi connectivity index (χ1v) is 9.56. The Bertz CT molecular complexity index is 828. The monoisotopic (exact) mass is 348 g/mol. The third-order valence-electron chi connectivity index (χ3n) is 4.12. The number of nitrogens with one attached hydrogen (secondary N) is 1. The van der Waals surface area contributed by atoms with Crippen molar-refractivity contribution >= 4 is 21.6 Å². The van der Waals surface area contributed by atoms with Gasteiger partial charge in [0.2, 0.25) is 10.0 Å². The Morgan fingerprint density at radius 3 is 2.88 bits per heavy atom. The van der Waals surface area contributed by atoms with E-state index < -0.39 is 10.0 Å². The summed E-state index contributed by atoms with van der Waals surface area (Å²) < 4.78 is 31.1. The zero-order valence-corrected chi connectivity index (χ0v) is 14.3. The van der Waals surface area contributed by atoms with Crippen LogP contribution in [0.15, 0.2) is 41.0 Å². The number of sulfonamides is 1. The Labute approximate surface area is 141 Å². The summed E-state index contributed by atoms with van der Waals surface area (Å²) in [4.78, 5) is 12.3. The van der Waals surface area contributed by atoms with Crippen molar-refractivity contribution in [1.82, 2.24) is 5.32 Å². The van der Waals surface area contributed by atoms with E-state index >= 15 is 0 Å². The molecule has 0 aliphatic carbocycles. The largest absolute Gasteiger partial charge is 0.467 e. The number of aryl methyl sites for hydroxylation is 1. The van der Waals surface area contributed by atoms with E-state index in [-0.39, 0.29) is 11.7 Å². The summed E-state index contributed by atoms with van der Waals surface area (Å²) in [5, 5.41) is 2.80. The zero-order chi connectivity index (χ0) is 17.2. The van der Waals surface area contributed by atoms with Crippen LogP contribution in [0.5, 0.6) is 0 Å². The molecule has 1 amide bonds. The summed E-state index contributed by atoms with van der Waals surface area (Å²) in [5.41, 5.74) is 2.10. The van der Waals surface area contributed by atoms with Gasteiger partial charge in [-0.3, -0.25) is 9.10 Å². The van der Waals surface area contributed by atoms with Gasteiger partial charge in [-0.2, -0.15) is 0 Å². The zero-order valence-electron chi connectivity index (χ0n) is 13.5. The molecule has 2 heterocycles. The number of hydrogen-bond donors (Lipinski definition) is 1. The molecule has 0 unspecified atom stereocenters. The first-order chi connectivity index (χ1) is 11.5. The van der Waals surface area contributed by atoms with Crippen LogP contribution in [0.25, 0.3) is 0 Å². The maximum absolute atomic E-state index is 12.3. The van der Waals surface area contributed by atoms with E-state index in [1.54, 1.807) is 43.5 Å². The van der Waals surface area contributed by atoms with Gasteiger partial charge in [-0.25, -0.2) is 8.42 Å². The van der Waals surface area contributed by atoms with Gasteiger partial charge in [0, 0.05) is 12.1 Å². The second kappa shape index (κ2) is 6.68. The van der Waals surface area contributed by atoms with E-state index in [1.165, 1.54) is 4.31 Å². The summed E-state index contributed by atoms with van der Waals surface area (Å²) in [6.07, 6.45) is 3.08. The maximum atomic E-state index is 12.3. The molecule has 2 aromatic rings. The first kappa shape index (κ1) is 16.6. The third-order valence-corrected chi connectivity index (χ3v) is 5.90. The standard InChI is InChI=1S/C17H20N2O4S/c1-2-24(21,22)19-9-3-5-13-11-14(7-8-16(13)19)17(20)18-12-15-6-4-10-23-15/h4,6-8,10-11H,2-3,5,9,12H2,1H3,(H,18,20). The van der Waals surface area contributed by atoms with Gasteiger partial charge < -0.3 is 9.73 Å². The highest BCUT2D eigenvalue weighted by atomic mass is 32.2. The summed E-state index contributed by atoms with van der Waals surface area (Å²) in [5.74, 6) is 0.545. The molecule has 128 valence electrons. The van der Waals surface area contributed by atoms with Crippen molar-refractivity contribution in [3.63, 3.8) is 0 Å². The van der Waals surface area contributed by atoms with Crippen LogP contribution in [-0.4, -0.2) is 26.6 Å². The molecule has 1 aromatic heterocycles. The molecule has 3 rings (SSSR count). The molecule has 0 radical (unpaired) electrons. The van der Waals surface area contributed by atoms with Gasteiger partial charge in [0.25, 0.3) is 5.91 Å². The molecule has 0 atom stereocenters. The normalized spacial score (nSPS) is 14.3. The summed E-state index contributed by atoms with van der Waals surface area (Å²) >= 11 is 0. The third kappa shape index (κ3) is 3.31. The fourth-order valence-electron chi connectivity index (χ4n) is 2.83. The van der Waals surface area contributed by atoms with Gasteiger partial charge in [-0.1, -0.05) is 0 Å². The van der Waals surface area contributed by atoms with Crippen LogP contribution < -0.4 is 9.62 Å². The molecule has 0 bridgehead atoms. The Morgan fingerprint density at radius 1 is 1.33 bits per heavy atom. The fraction of sp³-hybridized carbons (Fsp3) is 0.353. The lowest BCUT2D eigenvalue weighted by molar-refractivity contribution is 0.0948. The predicted molar refractivity (Wildman–Crippen MR) is 91.4 cm³/mol. The number of furan rings is 1. The van der Waals surface area contributed by atoms with Gasteiger partial charge in [0.05, 0.1) is 24.2 Å². The minimum Gasteiger partial charge on any atom is -0.467 e. The Balaban J connectivity index is 1.79. The van der Waals surface area contributed by atoms with E-state index in [1.807, 2.05) is 0 Å². The van der Waals surface area contributed by atoms with Crippen LogP contribution in [0.3, 0.4) is 0 Å². The lowest BCUT2D eigenvalue weighted by atomic mass is 10.0. The number of carbonyl (C=O) groups is 1. The molecule has 24 heavy (non-hydrogen) atoms. The number of hydrogen-bond acceptors (Lipinski definition) is 4. The van der Waals surface area contributed by atoms with Gasteiger partial charge in [0.15, 0.2) is 0 Å². The van der Waals surface area contributed by atoms with Crippen molar-refractivity contribution in [3.05, 3.63) is 53.5 Å². The van der Waals surface area contributed by atoms with Gasteiger partial charge in [-0.15, -0.1) is 0 Å². The number of carbonyl (C=O) groups excluding carboxylic acids is 1. The van der Waals surface area contributed by atoms with Crippen LogP contribution in [0.2, 0.25) is 0 Å². The van der Waals surface area contributed by atoms with Crippen LogP contribution in [0.1, 0.15) is 35.0 Å². The maximum Gasteiger partial charge on any atom is 0.251 e. The summed E-state index contributed by atoms with van der Waals surface area (Å²) in [7, 11) is -3.29. The molecular weight excluding hydrogens is 328 g/mol.